The van der Waals surface area contributed by atoms with Crippen molar-refractivity contribution >= 4 is 5.91 Å². The molecule has 1 fully saturated rings. The Balaban J connectivity index is 2.19. The smallest absolute Gasteiger partial charge is 0.246 e. The summed E-state index contributed by atoms with van der Waals surface area (Å²) in [5.74, 6) is -0.0149. The van der Waals surface area contributed by atoms with Gasteiger partial charge in [-0.1, -0.05) is 6.42 Å². The summed E-state index contributed by atoms with van der Waals surface area (Å²) < 4.78 is 5.43. The average Bonchev–Trinajstić information content (AvgIpc) is 2.24. The van der Waals surface area contributed by atoms with Gasteiger partial charge in [0.25, 0.3) is 0 Å². The highest BCUT2D eigenvalue weighted by molar-refractivity contribution is 5.77. The molecule has 100 valence electrons. The van der Waals surface area contributed by atoms with E-state index in [1.165, 1.54) is 19.3 Å². The lowest BCUT2D eigenvalue weighted by Crippen LogP contribution is -2.45. The second-order valence-corrected chi connectivity index (χ2v) is 5.84. The molecule has 1 aliphatic rings. The molecule has 0 aliphatic carbocycles. The third-order valence-electron chi connectivity index (χ3n) is 3.09. The molecule has 1 atom stereocenters. The maximum atomic E-state index is 11.6. The van der Waals surface area contributed by atoms with E-state index in [0.717, 1.165) is 13.1 Å². The van der Waals surface area contributed by atoms with Gasteiger partial charge in [0, 0.05) is 12.6 Å². The fourth-order valence-electron chi connectivity index (χ4n) is 1.97. The number of nitrogens with one attached hydrogen (secondary N) is 1. The summed E-state index contributed by atoms with van der Waals surface area (Å²) in [6.45, 7) is 7.89. The molecule has 17 heavy (non-hydrogen) atoms. The van der Waals surface area contributed by atoms with Gasteiger partial charge < -0.3 is 15.0 Å². The lowest BCUT2D eigenvalue weighted by Gasteiger charge is -2.32. The molecule has 1 unspecified atom stereocenters. The van der Waals surface area contributed by atoms with Crippen molar-refractivity contribution in [1.29, 1.82) is 0 Å². The lowest BCUT2D eigenvalue weighted by atomic mass is 10.0. The van der Waals surface area contributed by atoms with E-state index in [1.54, 1.807) is 0 Å². The van der Waals surface area contributed by atoms with Crippen molar-refractivity contribution in [3.8, 4) is 0 Å². The Bertz CT molecular complexity index is 248. The van der Waals surface area contributed by atoms with E-state index in [2.05, 4.69) is 17.3 Å². The summed E-state index contributed by atoms with van der Waals surface area (Å²) in [5.41, 5.74) is -0.251. The quantitative estimate of drug-likeness (QED) is 0.810. The number of piperidine rings is 1. The maximum Gasteiger partial charge on any atom is 0.246 e. The molecule has 4 heteroatoms. The van der Waals surface area contributed by atoms with E-state index in [-0.39, 0.29) is 18.1 Å². The van der Waals surface area contributed by atoms with E-state index in [0.29, 0.717) is 6.04 Å². The highest BCUT2D eigenvalue weighted by Crippen LogP contribution is 2.14. The number of likely N-dealkylation sites (N-methyl/N-ethyl adjacent to an activating group) is 1. The summed E-state index contributed by atoms with van der Waals surface area (Å²) in [7, 11) is 2.13. The van der Waals surface area contributed by atoms with Crippen LogP contribution in [0.4, 0.5) is 0 Å². The molecule has 1 amide bonds. The standard InChI is InChI=1S/C13H26N2O2/c1-13(2,3)17-10-12(16)14-9-11-7-5-6-8-15(11)4/h11H,5-10H2,1-4H3,(H,14,16). The molecule has 1 aliphatic heterocycles. The fraction of sp³-hybridized carbons (Fsp3) is 0.923. The van der Waals surface area contributed by atoms with Gasteiger partial charge in [-0.05, 0) is 47.2 Å². The predicted molar refractivity (Wildman–Crippen MR) is 69.0 cm³/mol. The van der Waals surface area contributed by atoms with Crippen molar-refractivity contribution in [1.82, 2.24) is 10.2 Å². The second kappa shape index (κ2) is 6.36. The van der Waals surface area contributed by atoms with Crippen LogP contribution in [0.5, 0.6) is 0 Å². The molecule has 0 radical (unpaired) electrons. The lowest BCUT2D eigenvalue weighted by molar-refractivity contribution is -0.130. The molecule has 0 saturated carbocycles. The minimum atomic E-state index is -0.251. The highest BCUT2D eigenvalue weighted by Gasteiger charge is 2.19. The number of amides is 1. The van der Waals surface area contributed by atoms with E-state index in [9.17, 15) is 4.79 Å². The minimum Gasteiger partial charge on any atom is -0.366 e. The monoisotopic (exact) mass is 242 g/mol. The van der Waals surface area contributed by atoms with Gasteiger partial charge in [0.1, 0.15) is 6.61 Å². The first-order valence-corrected chi connectivity index (χ1v) is 6.49. The number of carbonyl (C=O) groups is 1. The van der Waals surface area contributed by atoms with Crippen LogP contribution < -0.4 is 5.32 Å². The number of hydrogen-bond acceptors (Lipinski definition) is 3. The first kappa shape index (κ1) is 14.5. The topological polar surface area (TPSA) is 41.6 Å². The Hall–Kier alpha value is -0.610. The first-order valence-electron chi connectivity index (χ1n) is 6.49. The largest absolute Gasteiger partial charge is 0.366 e. The number of ether oxygens (including phenoxy) is 1. The number of likely N-dealkylation sites (tertiary alicyclic amines) is 1. The highest BCUT2D eigenvalue weighted by atomic mass is 16.5. The van der Waals surface area contributed by atoms with Crippen molar-refractivity contribution < 1.29 is 9.53 Å². The van der Waals surface area contributed by atoms with Crippen LogP contribution in [0.2, 0.25) is 0 Å². The maximum absolute atomic E-state index is 11.6. The van der Waals surface area contributed by atoms with Crippen molar-refractivity contribution in [3.05, 3.63) is 0 Å². The number of hydrogen-bond donors (Lipinski definition) is 1. The molecule has 1 heterocycles. The van der Waals surface area contributed by atoms with Gasteiger partial charge >= 0.3 is 0 Å². The van der Waals surface area contributed by atoms with Crippen molar-refractivity contribution in [2.45, 2.75) is 51.7 Å². The Kier molecular flexibility index (Phi) is 5.40. The molecule has 0 aromatic carbocycles. The molecule has 0 spiro atoms. The zero-order chi connectivity index (χ0) is 12.9. The average molecular weight is 242 g/mol. The molecule has 0 aromatic heterocycles. The summed E-state index contributed by atoms with van der Waals surface area (Å²) >= 11 is 0. The van der Waals surface area contributed by atoms with Crippen LogP contribution in [0.3, 0.4) is 0 Å². The SMILES string of the molecule is CN1CCCCC1CNC(=O)COC(C)(C)C. The van der Waals surface area contributed by atoms with Gasteiger partial charge in [0.2, 0.25) is 5.91 Å². The third-order valence-corrected chi connectivity index (χ3v) is 3.09. The number of nitrogens with zero attached hydrogens (tertiary/aromatic N) is 1. The molecule has 1 N–H and O–H groups in total. The molecule has 0 bridgehead atoms. The zero-order valence-corrected chi connectivity index (χ0v) is 11.6. The Morgan fingerprint density at radius 3 is 2.71 bits per heavy atom. The van der Waals surface area contributed by atoms with E-state index in [1.807, 2.05) is 20.8 Å². The minimum absolute atomic E-state index is 0.0149. The molecule has 1 saturated heterocycles. The van der Waals surface area contributed by atoms with Crippen molar-refractivity contribution in [2.75, 3.05) is 26.7 Å². The fourth-order valence-corrected chi connectivity index (χ4v) is 1.97. The first-order chi connectivity index (χ1) is 7.88. The summed E-state index contributed by atoms with van der Waals surface area (Å²) in [5, 5.41) is 2.95. The second-order valence-electron chi connectivity index (χ2n) is 5.84. The summed E-state index contributed by atoms with van der Waals surface area (Å²) in [4.78, 5) is 13.9. The number of rotatable bonds is 4. The molecular weight excluding hydrogens is 216 g/mol. The van der Waals surface area contributed by atoms with E-state index < -0.39 is 0 Å². The van der Waals surface area contributed by atoms with Gasteiger partial charge in [-0.2, -0.15) is 0 Å². The summed E-state index contributed by atoms with van der Waals surface area (Å²) in [6, 6.07) is 0.488. The Labute approximate surface area is 105 Å². The van der Waals surface area contributed by atoms with E-state index in [4.69, 9.17) is 4.74 Å². The Morgan fingerprint density at radius 2 is 2.12 bits per heavy atom. The van der Waals surface area contributed by atoms with Crippen LogP contribution in [0.15, 0.2) is 0 Å². The molecular formula is C13H26N2O2. The van der Waals surface area contributed by atoms with Gasteiger partial charge in [-0.3, -0.25) is 4.79 Å². The van der Waals surface area contributed by atoms with Crippen LogP contribution in [0.25, 0.3) is 0 Å². The van der Waals surface area contributed by atoms with Crippen molar-refractivity contribution in [3.63, 3.8) is 0 Å². The predicted octanol–water partition coefficient (Wildman–Crippen LogP) is 1.40. The number of carbonyl (C=O) groups excluding carboxylic acids is 1. The van der Waals surface area contributed by atoms with Crippen LogP contribution >= 0.6 is 0 Å². The molecule has 0 aromatic rings. The van der Waals surface area contributed by atoms with E-state index >= 15 is 0 Å². The van der Waals surface area contributed by atoms with Gasteiger partial charge in [-0.15, -0.1) is 0 Å². The van der Waals surface area contributed by atoms with Crippen LogP contribution in [0.1, 0.15) is 40.0 Å². The Morgan fingerprint density at radius 1 is 1.41 bits per heavy atom. The zero-order valence-electron chi connectivity index (χ0n) is 11.6. The van der Waals surface area contributed by atoms with Crippen LogP contribution in [-0.4, -0.2) is 49.2 Å². The third kappa shape index (κ3) is 6.03. The summed E-state index contributed by atoms with van der Waals surface area (Å²) in [6.07, 6.45) is 3.72. The van der Waals surface area contributed by atoms with Crippen LogP contribution in [-0.2, 0) is 9.53 Å². The molecule has 4 nitrogen and oxygen atoms in total. The normalized spacial score (nSPS) is 22.5. The van der Waals surface area contributed by atoms with Gasteiger partial charge in [0.15, 0.2) is 0 Å². The van der Waals surface area contributed by atoms with Crippen LogP contribution in [0, 0.1) is 0 Å². The van der Waals surface area contributed by atoms with Gasteiger partial charge in [0.05, 0.1) is 5.60 Å². The molecule has 1 rings (SSSR count). The van der Waals surface area contributed by atoms with Gasteiger partial charge in [-0.25, -0.2) is 0 Å². The van der Waals surface area contributed by atoms with Crippen molar-refractivity contribution in [2.24, 2.45) is 0 Å².